The summed E-state index contributed by atoms with van der Waals surface area (Å²) in [5.74, 6) is -1.30. The lowest BCUT2D eigenvalue weighted by Gasteiger charge is -2.32. The van der Waals surface area contributed by atoms with Crippen LogP contribution in [0.25, 0.3) is 0 Å². The molecule has 1 saturated heterocycles. The number of benzene rings is 2. The smallest absolute Gasteiger partial charge is 0.256 e. The number of carbonyl (C=O) groups excluding carboxylic acids is 2. The lowest BCUT2D eigenvalue weighted by molar-refractivity contribution is 0.0628. The third-order valence-electron chi connectivity index (χ3n) is 5.46. The van der Waals surface area contributed by atoms with Crippen LogP contribution in [0.2, 0.25) is 0 Å². The minimum absolute atomic E-state index is 0.0725. The summed E-state index contributed by atoms with van der Waals surface area (Å²) in [5.41, 5.74) is 0.312. The van der Waals surface area contributed by atoms with Crippen LogP contribution in [0.5, 0.6) is 5.75 Å². The minimum Gasteiger partial charge on any atom is -0.493 e. The predicted octanol–water partition coefficient (Wildman–Crippen LogP) is 3.79. The second-order valence-corrected chi connectivity index (χ2v) is 7.97. The number of nitrogens with zero attached hydrogens (tertiary/aromatic N) is 1. The van der Waals surface area contributed by atoms with E-state index in [1.807, 2.05) is 0 Å². The topological polar surface area (TPSA) is 58.6 Å². The Bertz CT molecular complexity index is 946. The molecule has 2 fully saturated rings. The van der Waals surface area contributed by atoms with E-state index in [2.05, 4.69) is 5.32 Å². The maximum Gasteiger partial charge on any atom is 0.256 e. The molecule has 1 aliphatic carbocycles. The number of piperidine rings is 1. The van der Waals surface area contributed by atoms with Gasteiger partial charge in [-0.05, 0) is 62.1 Å². The lowest BCUT2D eigenvalue weighted by atomic mass is 9.98. The van der Waals surface area contributed by atoms with E-state index < -0.39 is 17.5 Å². The Balaban J connectivity index is 1.34. The molecule has 2 aliphatic rings. The Morgan fingerprint density at radius 3 is 2.73 bits per heavy atom. The first kappa shape index (κ1) is 20.3. The average molecular weight is 414 g/mol. The molecule has 1 atom stereocenters. The zero-order valence-electron chi connectivity index (χ0n) is 16.6. The summed E-state index contributed by atoms with van der Waals surface area (Å²) < 4.78 is 33.3. The molecule has 1 saturated carbocycles. The van der Waals surface area contributed by atoms with Crippen LogP contribution < -0.4 is 10.1 Å². The van der Waals surface area contributed by atoms with Crippen LogP contribution in [0, 0.1) is 17.6 Å². The number of hydrogen-bond acceptors (Lipinski definition) is 3. The molecule has 158 valence electrons. The molecule has 0 bridgehead atoms. The van der Waals surface area contributed by atoms with E-state index >= 15 is 0 Å². The van der Waals surface area contributed by atoms with Gasteiger partial charge in [0.05, 0.1) is 12.2 Å². The fraction of sp³-hybridized carbons (Fsp3) is 0.391. The van der Waals surface area contributed by atoms with E-state index in [4.69, 9.17) is 4.74 Å². The highest BCUT2D eigenvalue weighted by Gasteiger charge is 2.27. The molecule has 0 aromatic heterocycles. The number of carbonyl (C=O) groups is 2. The number of likely N-dealkylation sites (tertiary alicyclic amines) is 1. The molecule has 1 unspecified atom stereocenters. The van der Waals surface area contributed by atoms with Crippen LogP contribution in [-0.4, -0.2) is 42.5 Å². The quantitative estimate of drug-likeness (QED) is 0.783. The van der Waals surface area contributed by atoms with Gasteiger partial charge < -0.3 is 15.0 Å². The Hall–Kier alpha value is -2.96. The maximum atomic E-state index is 14.0. The summed E-state index contributed by atoms with van der Waals surface area (Å²) in [6.45, 7) is 1.29. The van der Waals surface area contributed by atoms with Crippen LogP contribution in [-0.2, 0) is 0 Å². The summed E-state index contributed by atoms with van der Waals surface area (Å²) >= 11 is 0. The van der Waals surface area contributed by atoms with Crippen molar-refractivity contribution in [3.05, 3.63) is 65.2 Å². The van der Waals surface area contributed by atoms with Crippen LogP contribution in [0.3, 0.4) is 0 Å². The van der Waals surface area contributed by atoms with E-state index in [0.29, 0.717) is 31.0 Å². The third kappa shape index (κ3) is 4.96. The van der Waals surface area contributed by atoms with Crippen molar-refractivity contribution in [3.8, 4) is 5.75 Å². The van der Waals surface area contributed by atoms with Gasteiger partial charge in [0.2, 0.25) is 0 Å². The Labute approximate surface area is 174 Å². The fourth-order valence-corrected chi connectivity index (χ4v) is 3.65. The first-order chi connectivity index (χ1) is 14.5. The van der Waals surface area contributed by atoms with Crippen molar-refractivity contribution in [1.82, 2.24) is 10.2 Å². The molecule has 7 heteroatoms. The predicted molar refractivity (Wildman–Crippen MR) is 107 cm³/mol. The molecule has 0 spiro atoms. The molecule has 1 heterocycles. The zero-order valence-corrected chi connectivity index (χ0v) is 16.6. The second-order valence-electron chi connectivity index (χ2n) is 7.97. The number of halogens is 2. The molecule has 1 N–H and O–H groups in total. The highest BCUT2D eigenvalue weighted by atomic mass is 19.1. The van der Waals surface area contributed by atoms with Crippen LogP contribution in [0.15, 0.2) is 42.5 Å². The number of rotatable bonds is 6. The fourth-order valence-electron chi connectivity index (χ4n) is 3.65. The van der Waals surface area contributed by atoms with E-state index in [1.165, 1.54) is 0 Å². The van der Waals surface area contributed by atoms with Gasteiger partial charge in [0, 0.05) is 30.6 Å². The van der Waals surface area contributed by atoms with E-state index in [9.17, 15) is 18.4 Å². The van der Waals surface area contributed by atoms with Gasteiger partial charge in [-0.1, -0.05) is 6.07 Å². The van der Waals surface area contributed by atoms with Gasteiger partial charge in [0.25, 0.3) is 11.8 Å². The second kappa shape index (κ2) is 8.81. The lowest BCUT2D eigenvalue weighted by Crippen LogP contribution is -2.42. The summed E-state index contributed by atoms with van der Waals surface area (Å²) in [5, 5.41) is 2.95. The first-order valence-corrected chi connectivity index (χ1v) is 10.3. The van der Waals surface area contributed by atoms with Gasteiger partial charge in [-0.3, -0.25) is 9.59 Å². The van der Waals surface area contributed by atoms with E-state index in [0.717, 1.165) is 43.9 Å². The molecule has 2 aromatic rings. The van der Waals surface area contributed by atoms with Crippen LogP contribution in [0.1, 0.15) is 46.4 Å². The average Bonchev–Trinajstić information content (AvgIpc) is 3.58. The van der Waals surface area contributed by atoms with Crippen molar-refractivity contribution in [1.29, 1.82) is 0 Å². The van der Waals surface area contributed by atoms with Crippen molar-refractivity contribution >= 4 is 11.8 Å². The minimum atomic E-state index is -0.721. The monoisotopic (exact) mass is 414 g/mol. The summed E-state index contributed by atoms with van der Waals surface area (Å²) in [4.78, 5) is 26.4. The number of ether oxygens (including phenoxy) is 1. The van der Waals surface area contributed by atoms with Gasteiger partial charge >= 0.3 is 0 Å². The normalized spacial score (nSPS) is 18.7. The third-order valence-corrected chi connectivity index (χ3v) is 5.46. The van der Waals surface area contributed by atoms with Crippen molar-refractivity contribution < 1.29 is 23.1 Å². The number of amides is 2. The van der Waals surface area contributed by atoms with Crippen molar-refractivity contribution in [2.45, 2.75) is 31.7 Å². The molecule has 4 rings (SSSR count). The van der Waals surface area contributed by atoms with Crippen molar-refractivity contribution in [2.75, 3.05) is 19.7 Å². The van der Waals surface area contributed by atoms with Crippen molar-refractivity contribution in [2.24, 2.45) is 5.92 Å². The maximum absolute atomic E-state index is 14.0. The first-order valence-electron chi connectivity index (χ1n) is 10.3. The van der Waals surface area contributed by atoms with E-state index in [1.54, 1.807) is 29.2 Å². The Morgan fingerprint density at radius 1 is 1.10 bits per heavy atom. The number of nitrogens with one attached hydrogen (secondary N) is 1. The molecule has 2 aromatic carbocycles. The largest absolute Gasteiger partial charge is 0.493 e. The van der Waals surface area contributed by atoms with Gasteiger partial charge in [0.15, 0.2) is 0 Å². The summed E-state index contributed by atoms with van der Waals surface area (Å²) in [6, 6.07) is 10.2. The summed E-state index contributed by atoms with van der Waals surface area (Å²) in [6.07, 6.45) is 3.69. The van der Waals surface area contributed by atoms with Gasteiger partial charge in [-0.15, -0.1) is 0 Å². The zero-order chi connectivity index (χ0) is 21.1. The Kier molecular flexibility index (Phi) is 5.97. The van der Waals surface area contributed by atoms with Gasteiger partial charge in [-0.25, -0.2) is 8.78 Å². The molecule has 1 aliphatic heterocycles. The van der Waals surface area contributed by atoms with Crippen LogP contribution in [0.4, 0.5) is 8.78 Å². The van der Waals surface area contributed by atoms with Gasteiger partial charge in [0.1, 0.15) is 17.4 Å². The van der Waals surface area contributed by atoms with Crippen molar-refractivity contribution in [3.63, 3.8) is 0 Å². The molecule has 30 heavy (non-hydrogen) atoms. The molecular formula is C23H24F2N2O3. The molecule has 0 radical (unpaired) electrons. The molecular weight excluding hydrogens is 390 g/mol. The van der Waals surface area contributed by atoms with Gasteiger partial charge in [-0.2, -0.15) is 0 Å². The Morgan fingerprint density at radius 2 is 1.93 bits per heavy atom. The molecule has 5 nitrogen and oxygen atoms in total. The highest BCUT2D eigenvalue weighted by Crippen LogP contribution is 2.23. The standard InChI is InChI=1S/C23H24F2N2O3/c24-17-6-9-21(25)20(12-17)23(29)27-10-2-3-15(13-27)14-30-19-5-1-4-16(11-19)22(28)26-18-7-8-18/h1,4-6,9,11-12,15,18H,2-3,7-8,10,13-14H2,(H,26,28). The van der Waals surface area contributed by atoms with Crippen LogP contribution >= 0.6 is 0 Å². The molecule has 2 amide bonds. The van der Waals surface area contributed by atoms with E-state index in [-0.39, 0.29) is 23.4 Å². The number of hydrogen-bond donors (Lipinski definition) is 1. The SMILES string of the molecule is O=C(NC1CC1)c1cccc(OCC2CCCN(C(=O)c3cc(F)ccc3F)C2)c1. The highest BCUT2D eigenvalue weighted by molar-refractivity contribution is 5.95. The summed E-state index contributed by atoms with van der Waals surface area (Å²) in [7, 11) is 0.